The topological polar surface area (TPSA) is 115 Å². The molecule has 8 nitrogen and oxygen atoms in total. The van der Waals surface area contributed by atoms with Gasteiger partial charge in [0.25, 0.3) is 0 Å². The molecule has 10 heteroatoms. The molecule has 1 aliphatic rings. The number of aromatic nitrogens is 3. The minimum absolute atomic E-state index is 0.134. The summed E-state index contributed by atoms with van der Waals surface area (Å²) >= 11 is 7.30. The van der Waals surface area contributed by atoms with Crippen LogP contribution in [0.4, 0.5) is 4.79 Å². The lowest BCUT2D eigenvalue weighted by Crippen LogP contribution is -2.47. The van der Waals surface area contributed by atoms with Crippen molar-refractivity contribution >= 4 is 35.3 Å². The van der Waals surface area contributed by atoms with Gasteiger partial charge in [-0.15, -0.1) is 10.2 Å². The molecule has 4 N–H and O–H groups in total. The summed E-state index contributed by atoms with van der Waals surface area (Å²) in [6.07, 6.45) is 5.30. The highest BCUT2D eigenvalue weighted by atomic mass is 35.5. The van der Waals surface area contributed by atoms with Gasteiger partial charge < -0.3 is 11.2 Å². The summed E-state index contributed by atoms with van der Waals surface area (Å²) in [7, 11) is 0. The highest BCUT2D eigenvalue weighted by Crippen LogP contribution is 2.29. The Morgan fingerprint density at radius 1 is 1.25 bits per heavy atom. The van der Waals surface area contributed by atoms with Gasteiger partial charge in [0.15, 0.2) is 5.82 Å². The van der Waals surface area contributed by atoms with Crippen molar-refractivity contribution in [3.63, 3.8) is 0 Å². The van der Waals surface area contributed by atoms with Crippen molar-refractivity contribution < 1.29 is 9.59 Å². The van der Waals surface area contributed by atoms with Crippen molar-refractivity contribution in [1.82, 2.24) is 25.5 Å². The molecule has 3 amide bonds. The molecule has 0 unspecified atom stereocenters. The number of nitrogens with two attached hydrogens (primary N) is 1. The van der Waals surface area contributed by atoms with Gasteiger partial charge in [0, 0.05) is 11.6 Å². The number of urea groups is 1. The number of hydrogen-bond acceptors (Lipinski definition) is 6. The van der Waals surface area contributed by atoms with Crippen LogP contribution in [0.25, 0.3) is 11.4 Å². The number of nitrogens with one attached hydrogen (secondary N) is 2. The van der Waals surface area contributed by atoms with Crippen molar-refractivity contribution in [2.24, 2.45) is 0 Å². The molecule has 1 heterocycles. The molecule has 1 atom stereocenters. The molecule has 0 radical (unpaired) electrons. The van der Waals surface area contributed by atoms with E-state index in [4.69, 9.17) is 17.4 Å². The van der Waals surface area contributed by atoms with Gasteiger partial charge in [0.2, 0.25) is 11.1 Å². The maximum atomic E-state index is 12.3. The van der Waals surface area contributed by atoms with Crippen LogP contribution in [0.3, 0.4) is 0 Å². The Labute approximate surface area is 172 Å². The van der Waals surface area contributed by atoms with Crippen LogP contribution in [-0.4, -0.2) is 38.1 Å². The van der Waals surface area contributed by atoms with Crippen LogP contribution in [0.2, 0.25) is 5.02 Å². The van der Waals surface area contributed by atoms with E-state index in [9.17, 15) is 9.59 Å². The maximum Gasteiger partial charge on any atom is 0.321 e. The summed E-state index contributed by atoms with van der Waals surface area (Å²) in [5, 5.41) is 13.6. The number of hydrogen-bond donors (Lipinski definition) is 3. The molecule has 150 valence electrons. The number of imide groups is 1. The number of carbonyl (C=O) groups is 2. The first-order chi connectivity index (χ1) is 13.5. The third-order valence-corrected chi connectivity index (χ3v) is 5.99. The lowest BCUT2D eigenvalue weighted by Gasteiger charge is -2.22. The zero-order chi connectivity index (χ0) is 20.1. The molecule has 1 fully saturated rings. The van der Waals surface area contributed by atoms with Crippen LogP contribution in [0.15, 0.2) is 29.4 Å². The van der Waals surface area contributed by atoms with Gasteiger partial charge in [-0.1, -0.05) is 54.8 Å². The molecule has 3 rings (SSSR count). The van der Waals surface area contributed by atoms with E-state index >= 15 is 0 Å². The van der Waals surface area contributed by atoms with Gasteiger partial charge in [-0.2, -0.15) is 0 Å². The zero-order valence-electron chi connectivity index (χ0n) is 15.5. The lowest BCUT2D eigenvalue weighted by atomic mass is 9.96. The van der Waals surface area contributed by atoms with E-state index in [1.54, 1.807) is 19.1 Å². The summed E-state index contributed by atoms with van der Waals surface area (Å²) in [4.78, 5) is 24.4. The monoisotopic (exact) mass is 422 g/mol. The highest BCUT2D eigenvalue weighted by molar-refractivity contribution is 8.00. The predicted molar refractivity (Wildman–Crippen MR) is 109 cm³/mol. The standard InChI is InChI=1S/C18H23ClN6O2S/c1-11(16(26)22-17(27)21-12-7-3-2-4-8-12)28-18-24-23-15(25(18)20)13-9-5-6-10-14(13)19/h5-6,9-12H,2-4,7-8,20H2,1H3,(H2,21,22,26,27)/t11-/m1/s1. The van der Waals surface area contributed by atoms with Gasteiger partial charge in [-0.3, -0.25) is 10.1 Å². The van der Waals surface area contributed by atoms with Crippen LogP contribution < -0.4 is 16.5 Å². The molecular weight excluding hydrogens is 400 g/mol. The van der Waals surface area contributed by atoms with E-state index in [1.807, 2.05) is 12.1 Å². The smallest absolute Gasteiger partial charge is 0.321 e. The molecule has 0 aliphatic heterocycles. The maximum absolute atomic E-state index is 12.3. The van der Waals surface area contributed by atoms with Gasteiger partial charge in [0.1, 0.15) is 0 Å². The highest BCUT2D eigenvalue weighted by Gasteiger charge is 2.23. The number of halogens is 1. The predicted octanol–water partition coefficient (Wildman–Crippen LogP) is 2.95. The third-order valence-electron chi connectivity index (χ3n) is 4.61. The molecular formula is C18H23ClN6O2S. The lowest BCUT2D eigenvalue weighted by molar-refractivity contribution is -0.119. The van der Waals surface area contributed by atoms with Crippen molar-refractivity contribution in [3.05, 3.63) is 29.3 Å². The summed E-state index contributed by atoms with van der Waals surface area (Å²) in [5.41, 5.74) is 0.648. The van der Waals surface area contributed by atoms with Gasteiger partial charge in [0.05, 0.1) is 10.3 Å². The van der Waals surface area contributed by atoms with Gasteiger partial charge in [-0.05, 0) is 31.9 Å². The minimum Gasteiger partial charge on any atom is -0.335 e. The Morgan fingerprint density at radius 2 is 1.96 bits per heavy atom. The molecule has 28 heavy (non-hydrogen) atoms. The number of benzene rings is 1. The number of nitrogens with zero attached hydrogens (tertiary/aromatic N) is 3. The van der Waals surface area contributed by atoms with Crippen LogP contribution in [0.5, 0.6) is 0 Å². The number of carbonyl (C=O) groups excluding carboxylic acids is 2. The van der Waals surface area contributed by atoms with E-state index in [0.29, 0.717) is 21.6 Å². The largest absolute Gasteiger partial charge is 0.335 e. The summed E-state index contributed by atoms with van der Waals surface area (Å²) in [6.45, 7) is 1.68. The molecule has 0 bridgehead atoms. The van der Waals surface area contributed by atoms with E-state index in [2.05, 4.69) is 20.8 Å². The quantitative estimate of drug-likeness (QED) is 0.504. The Morgan fingerprint density at radius 3 is 2.68 bits per heavy atom. The second-order valence-electron chi connectivity index (χ2n) is 6.71. The molecule has 1 aromatic heterocycles. The van der Waals surface area contributed by atoms with Crippen LogP contribution in [-0.2, 0) is 4.79 Å². The number of thioether (sulfide) groups is 1. The van der Waals surface area contributed by atoms with Crippen molar-refractivity contribution in [3.8, 4) is 11.4 Å². The van der Waals surface area contributed by atoms with Gasteiger partial charge in [-0.25, -0.2) is 9.47 Å². The number of rotatable bonds is 5. The van der Waals surface area contributed by atoms with Crippen LogP contribution in [0.1, 0.15) is 39.0 Å². The molecule has 0 saturated heterocycles. The first-order valence-electron chi connectivity index (χ1n) is 9.19. The van der Waals surface area contributed by atoms with E-state index in [1.165, 1.54) is 11.1 Å². The molecule has 2 aromatic rings. The third kappa shape index (κ3) is 4.96. The second kappa shape index (κ2) is 9.29. The fourth-order valence-electron chi connectivity index (χ4n) is 3.08. The summed E-state index contributed by atoms with van der Waals surface area (Å²) in [5.74, 6) is 6.06. The SMILES string of the molecule is C[C@@H](Sc1nnc(-c2ccccc2Cl)n1N)C(=O)NC(=O)NC1CCCCC1. The molecule has 1 saturated carbocycles. The van der Waals surface area contributed by atoms with E-state index in [-0.39, 0.29) is 6.04 Å². The van der Waals surface area contributed by atoms with Crippen molar-refractivity contribution in [2.75, 3.05) is 5.84 Å². The summed E-state index contributed by atoms with van der Waals surface area (Å²) in [6, 6.07) is 6.83. The average molecular weight is 423 g/mol. The Balaban J connectivity index is 1.58. The van der Waals surface area contributed by atoms with Crippen LogP contribution >= 0.6 is 23.4 Å². The Kier molecular flexibility index (Phi) is 6.79. The normalized spacial score (nSPS) is 15.8. The van der Waals surface area contributed by atoms with Crippen molar-refractivity contribution in [2.45, 2.75) is 55.5 Å². The number of nitrogen functional groups attached to an aromatic ring is 1. The zero-order valence-corrected chi connectivity index (χ0v) is 17.1. The average Bonchev–Trinajstić information content (AvgIpc) is 3.03. The van der Waals surface area contributed by atoms with Crippen molar-refractivity contribution in [1.29, 1.82) is 0 Å². The van der Waals surface area contributed by atoms with E-state index < -0.39 is 17.2 Å². The van der Waals surface area contributed by atoms with Gasteiger partial charge >= 0.3 is 6.03 Å². The molecule has 1 aliphatic carbocycles. The molecule has 0 spiro atoms. The fourth-order valence-corrected chi connectivity index (χ4v) is 4.07. The summed E-state index contributed by atoms with van der Waals surface area (Å²) < 4.78 is 1.29. The first kappa shape index (κ1) is 20.5. The minimum atomic E-state index is -0.581. The Hall–Kier alpha value is -2.26. The Bertz CT molecular complexity index is 852. The first-order valence-corrected chi connectivity index (χ1v) is 10.4. The molecule has 1 aromatic carbocycles. The number of amides is 3. The second-order valence-corrected chi connectivity index (χ2v) is 8.43. The van der Waals surface area contributed by atoms with Crippen LogP contribution in [0, 0.1) is 0 Å². The fraction of sp³-hybridized carbons (Fsp3) is 0.444. The van der Waals surface area contributed by atoms with E-state index in [0.717, 1.165) is 37.4 Å².